The molecular formula is C23H27N5O2S. The number of pyridine rings is 1. The van der Waals surface area contributed by atoms with E-state index in [2.05, 4.69) is 16.8 Å². The smallest absolute Gasteiger partial charge is 0.267 e. The highest BCUT2D eigenvalue weighted by molar-refractivity contribution is 8.00. The van der Waals surface area contributed by atoms with Crippen molar-refractivity contribution in [1.82, 2.24) is 24.3 Å². The van der Waals surface area contributed by atoms with Gasteiger partial charge in [-0.1, -0.05) is 36.9 Å². The van der Waals surface area contributed by atoms with E-state index in [9.17, 15) is 9.59 Å². The Morgan fingerprint density at radius 1 is 1.13 bits per heavy atom. The van der Waals surface area contributed by atoms with Crippen molar-refractivity contribution < 1.29 is 4.79 Å². The van der Waals surface area contributed by atoms with Crippen molar-refractivity contribution in [1.29, 1.82) is 0 Å². The fourth-order valence-electron chi connectivity index (χ4n) is 3.74. The van der Waals surface area contributed by atoms with E-state index in [0.717, 1.165) is 38.3 Å². The molecule has 0 radical (unpaired) electrons. The maximum absolute atomic E-state index is 13.3. The van der Waals surface area contributed by atoms with E-state index in [1.165, 1.54) is 16.3 Å². The average Bonchev–Trinajstić information content (AvgIpc) is 2.80. The summed E-state index contributed by atoms with van der Waals surface area (Å²) < 4.78 is 1.52. The van der Waals surface area contributed by atoms with Crippen LogP contribution in [0.5, 0.6) is 0 Å². The van der Waals surface area contributed by atoms with Gasteiger partial charge in [0.2, 0.25) is 5.91 Å². The zero-order valence-corrected chi connectivity index (χ0v) is 18.9. The topological polar surface area (TPSA) is 71.3 Å². The number of nitrogens with zero attached hydrogens (tertiary/aromatic N) is 5. The van der Waals surface area contributed by atoms with E-state index < -0.39 is 0 Å². The minimum Gasteiger partial charge on any atom is -0.339 e. The van der Waals surface area contributed by atoms with Gasteiger partial charge in [0.25, 0.3) is 5.56 Å². The third-order valence-electron chi connectivity index (χ3n) is 5.63. The molecule has 0 spiro atoms. The lowest BCUT2D eigenvalue weighted by Gasteiger charge is -2.35. The highest BCUT2D eigenvalue weighted by Gasteiger charge is 2.27. The Morgan fingerprint density at radius 3 is 2.55 bits per heavy atom. The predicted molar refractivity (Wildman–Crippen MR) is 124 cm³/mol. The molecule has 1 aliphatic rings. The number of piperazine rings is 1. The van der Waals surface area contributed by atoms with E-state index in [0.29, 0.717) is 21.9 Å². The molecule has 1 amide bonds. The number of aryl methyl sites for hydroxylation is 1. The van der Waals surface area contributed by atoms with Crippen LogP contribution in [-0.4, -0.2) is 68.2 Å². The van der Waals surface area contributed by atoms with Crippen molar-refractivity contribution in [2.45, 2.75) is 31.2 Å². The van der Waals surface area contributed by atoms with Crippen molar-refractivity contribution in [3.8, 4) is 5.82 Å². The maximum Gasteiger partial charge on any atom is 0.267 e. The zero-order valence-electron chi connectivity index (χ0n) is 18.1. The summed E-state index contributed by atoms with van der Waals surface area (Å²) >= 11 is 1.31. The minimum absolute atomic E-state index is 0.0755. The third-order valence-corrected chi connectivity index (χ3v) is 6.67. The van der Waals surface area contributed by atoms with Gasteiger partial charge < -0.3 is 9.80 Å². The number of amides is 1. The molecule has 162 valence electrons. The van der Waals surface area contributed by atoms with Gasteiger partial charge in [-0.2, -0.15) is 0 Å². The van der Waals surface area contributed by atoms with Gasteiger partial charge in [0.15, 0.2) is 5.16 Å². The molecule has 0 bridgehead atoms. The SMILES string of the molecule is CCN1CCN(C(=O)[C@@H](C)Sc2nc3ccccc3c(=O)n2-c2ccc(C)cn2)CC1. The molecule has 3 heterocycles. The first-order chi connectivity index (χ1) is 15.0. The molecule has 1 aliphatic heterocycles. The first kappa shape index (κ1) is 21.5. The highest BCUT2D eigenvalue weighted by Crippen LogP contribution is 2.26. The second-order valence-electron chi connectivity index (χ2n) is 7.77. The van der Waals surface area contributed by atoms with Crippen LogP contribution < -0.4 is 5.56 Å². The van der Waals surface area contributed by atoms with Gasteiger partial charge in [-0.25, -0.2) is 14.5 Å². The standard InChI is InChI=1S/C23H27N5O2S/c1-4-26-11-13-27(14-12-26)21(29)17(3)31-23-25-19-8-6-5-7-18(19)22(30)28(23)20-10-9-16(2)15-24-20/h5-10,15,17H,4,11-14H2,1-3H3/t17-/m1/s1. The van der Waals surface area contributed by atoms with Crippen molar-refractivity contribution >= 4 is 28.6 Å². The molecule has 4 rings (SSSR count). The number of para-hydroxylation sites is 1. The molecule has 0 saturated carbocycles. The fourth-order valence-corrected chi connectivity index (χ4v) is 4.73. The van der Waals surface area contributed by atoms with Crippen LogP contribution >= 0.6 is 11.8 Å². The molecule has 1 atom stereocenters. The number of fused-ring (bicyclic) bond motifs is 1. The van der Waals surface area contributed by atoms with Crippen LogP contribution in [0.25, 0.3) is 16.7 Å². The number of hydrogen-bond donors (Lipinski definition) is 0. The Morgan fingerprint density at radius 2 is 1.87 bits per heavy atom. The average molecular weight is 438 g/mol. The summed E-state index contributed by atoms with van der Waals surface area (Å²) in [4.78, 5) is 39.9. The Kier molecular flexibility index (Phi) is 6.38. The maximum atomic E-state index is 13.3. The summed E-state index contributed by atoms with van der Waals surface area (Å²) in [5.74, 6) is 0.583. The Labute approximate surface area is 186 Å². The van der Waals surface area contributed by atoms with E-state index in [1.54, 1.807) is 12.3 Å². The van der Waals surface area contributed by atoms with Gasteiger partial charge in [-0.15, -0.1) is 0 Å². The van der Waals surface area contributed by atoms with E-state index >= 15 is 0 Å². The van der Waals surface area contributed by atoms with Crippen LogP contribution in [0.1, 0.15) is 19.4 Å². The van der Waals surface area contributed by atoms with E-state index in [4.69, 9.17) is 4.98 Å². The number of likely N-dealkylation sites (N-methyl/N-ethyl adjacent to an activating group) is 1. The van der Waals surface area contributed by atoms with Crippen LogP contribution in [0.3, 0.4) is 0 Å². The van der Waals surface area contributed by atoms with Crippen LogP contribution in [-0.2, 0) is 4.79 Å². The Bertz CT molecular complexity index is 1140. The molecule has 0 N–H and O–H groups in total. The largest absolute Gasteiger partial charge is 0.339 e. The number of rotatable bonds is 5. The van der Waals surface area contributed by atoms with Crippen molar-refractivity contribution in [3.63, 3.8) is 0 Å². The molecule has 2 aromatic heterocycles. The van der Waals surface area contributed by atoms with E-state index in [-0.39, 0.29) is 16.7 Å². The van der Waals surface area contributed by atoms with Gasteiger partial charge in [0.1, 0.15) is 5.82 Å². The Hall–Kier alpha value is -2.71. The van der Waals surface area contributed by atoms with Gasteiger partial charge in [0, 0.05) is 32.4 Å². The van der Waals surface area contributed by atoms with Gasteiger partial charge in [-0.3, -0.25) is 9.59 Å². The number of benzene rings is 1. The van der Waals surface area contributed by atoms with Gasteiger partial charge in [-0.05, 0) is 44.2 Å². The summed E-state index contributed by atoms with van der Waals surface area (Å²) in [5, 5.41) is 0.648. The summed E-state index contributed by atoms with van der Waals surface area (Å²) in [6.45, 7) is 10.2. The number of aromatic nitrogens is 3. The Balaban J connectivity index is 1.67. The van der Waals surface area contributed by atoms with Crippen molar-refractivity contribution in [3.05, 3.63) is 58.5 Å². The van der Waals surface area contributed by atoms with Crippen LogP contribution in [0.4, 0.5) is 0 Å². The third kappa shape index (κ3) is 4.50. The lowest BCUT2D eigenvalue weighted by atomic mass is 10.2. The number of carbonyl (C=O) groups excluding carboxylic acids is 1. The normalized spacial score (nSPS) is 15.9. The van der Waals surface area contributed by atoms with Crippen LogP contribution in [0.2, 0.25) is 0 Å². The fraction of sp³-hybridized carbons (Fsp3) is 0.391. The summed E-state index contributed by atoms with van der Waals surface area (Å²) in [6.07, 6.45) is 1.73. The lowest BCUT2D eigenvalue weighted by molar-refractivity contribution is -0.132. The predicted octanol–water partition coefficient (Wildman–Crippen LogP) is 2.73. The number of thioether (sulfide) groups is 1. The van der Waals surface area contributed by atoms with Gasteiger partial charge >= 0.3 is 0 Å². The first-order valence-corrected chi connectivity index (χ1v) is 11.5. The molecule has 1 aromatic carbocycles. The number of carbonyl (C=O) groups is 1. The van der Waals surface area contributed by atoms with E-state index in [1.807, 2.05) is 49.1 Å². The summed E-state index contributed by atoms with van der Waals surface area (Å²) in [7, 11) is 0. The quantitative estimate of drug-likeness (QED) is 0.452. The lowest BCUT2D eigenvalue weighted by Crippen LogP contribution is -2.50. The zero-order chi connectivity index (χ0) is 22.0. The minimum atomic E-state index is -0.363. The second kappa shape index (κ2) is 9.20. The highest BCUT2D eigenvalue weighted by atomic mass is 32.2. The first-order valence-electron chi connectivity index (χ1n) is 10.6. The molecule has 31 heavy (non-hydrogen) atoms. The molecule has 8 heteroatoms. The molecule has 0 unspecified atom stereocenters. The van der Waals surface area contributed by atoms with Crippen LogP contribution in [0.15, 0.2) is 52.5 Å². The van der Waals surface area contributed by atoms with Crippen molar-refractivity contribution in [2.24, 2.45) is 0 Å². The van der Waals surface area contributed by atoms with Gasteiger partial charge in [0.05, 0.1) is 16.2 Å². The number of hydrogen-bond acceptors (Lipinski definition) is 6. The second-order valence-corrected chi connectivity index (χ2v) is 9.07. The molecule has 1 saturated heterocycles. The molecular weight excluding hydrogens is 410 g/mol. The van der Waals surface area contributed by atoms with Crippen LogP contribution in [0, 0.1) is 6.92 Å². The summed E-state index contributed by atoms with van der Waals surface area (Å²) in [5.41, 5.74) is 1.45. The molecule has 7 nitrogen and oxygen atoms in total. The molecule has 1 fully saturated rings. The monoisotopic (exact) mass is 437 g/mol. The summed E-state index contributed by atoms with van der Waals surface area (Å²) in [6, 6.07) is 11.0. The molecule has 3 aromatic rings. The van der Waals surface area contributed by atoms with Crippen molar-refractivity contribution in [2.75, 3.05) is 32.7 Å². The molecule has 0 aliphatic carbocycles.